The highest BCUT2D eigenvalue weighted by molar-refractivity contribution is 5.76. The smallest absolute Gasteiger partial charge is 0.183 e. The molecule has 0 amide bonds. The fourth-order valence-corrected chi connectivity index (χ4v) is 0.715. The van der Waals surface area contributed by atoms with Crippen molar-refractivity contribution in [3.63, 3.8) is 0 Å². The Hall–Kier alpha value is -0.370. The predicted octanol–water partition coefficient (Wildman–Crippen LogP) is 1.94. The van der Waals surface area contributed by atoms with Gasteiger partial charge < -0.3 is 4.48 Å². The minimum absolute atomic E-state index is 0. The molecule has 0 aliphatic heterocycles. The van der Waals surface area contributed by atoms with E-state index in [9.17, 15) is 4.79 Å². The van der Waals surface area contributed by atoms with Gasteiger partial charge >= 0.3 is 0 Å². The van der Waals surface area contributed by atoms with Crippen molar-refractivity contribution in [1.82, 2.24) is 0 Å². The first-order valence-corrected chi connectivity index (χ1v) is 3.29. The minimum atomic E-state index is 0. The van der Waals surface area contributed by atoms with E-state index in [1.165, 1.54) is 0 Å². The van der Waals surface area contributed by atoms with Crippen LogP contribution in [0.3, 0.4) is 0 Å². The molecule has 0 aliphatic carbocycles. The van der Waals surface area contributed by atoms with Crippen molar-refractivity contribution in [2.45, 2.75) is 28.7 Å². The average molecular weight is 162 g/mol. The highest BCUT2D eigenvalue weighted by Gasteiger charge is 2.13. The van der Waals surface area contributed by atoms with Crippen LogP contribution in [-0.4, -0.2) is 37.5 Å². The Morgan fingerprint density at radius 2 is 1.64 bits per heavy atom. The van der Waals surface area contributed by atoms with Crippen LogP contribution >= 0.6 is 0 Å². The summed E-state index contributed by atoms with van der Waals surface area (Å²) < 4.78 is 0.801. The van der Waals surface area contributed by atoms with E-state index in [1.54, 1.807) is 6.92 Å². The highest BCUT2D eigenvalue weighted by Crippen LogP contribution is 1.94. The van der Waals surface area contributed by atoms with E-state index >= 15 is 0 Å². The third kappa shape index (κ3) is 9.63. The summed E-state index contributed by atoms with van der Waals surface area (Å²) in [5, 5.41) is 0. The van der Waals surface area contributed by atoms with Gasteiger partial charge in [-0.2, -0.15) is 0 Å². The molecule has 0 rings (SSSR count). The van der Waals surface area contributed by atoms with Crippen LogP contribution in [0, 0.1) is 0 Å². The summed E-state index contributed by atoms with van der Waals surface area (Å²) in [6.07, 6.45) is 0. The van der Waals surface area contributed by atoms with Gasteiger partial charge in [0.05, 0.1) is 20.6 Å². The molecule has 0 aromatic carbocycles. The molecule has 0 unspecified atom stereocenters. The summed E-state index contributed by atoms with van der Waals surface area (Å²) in [5.41, 5.74) is 0. The van der Waals surface area contributed by atoms with Crippen LogP contribution in [-0.2, 0) is 4.79 Å². The molecule has 0 aliphatic rings. The monoisotopic (exact) mass is 162 g/mol. The molecule has 0 fully saturated rings. The van der Waals surface area contributed by atoms with Crippen molar-refractivity contribution < 1.29 is 9.28 Å². The van der Waals surface area contributed by atoms with Gasteiger partial charge in [0.2, 0.25) is 0 Å². The lowest BCUT2D eigenvalue weighted by Gasteiger charge is -2.26. The summed E-state index contributed by atoms with van der Waals surface area (Å²) in [6.45, 7) is 5.38. The molecule has 70 valence electrons. The maximum absolute atomic E-state index is 10.6. The van der Waals surface area contributed by atoms with Crippen molar-refractivity contribution in [3.8, 4) is 0 Å². The van der Waals surface area contributed by atoms with Crippen LogP contribution in [0.4, 0.5) is 0 Å². The Bertz CT molecular complexity index is 108. The number of likely N-dealkylation sites (N-methyl/N-ethyl adjacent to an activating group) is 1. The third-order valence-electron chi connectivity index (χ3n) is 1.51. The number of hydrogen-bond donors (Lipinski definition) is 0. The molecular formula is C9H24NO+. The quantitative estimate of drug-likeness (QED) is 0.580. The maximum atomic E-state index is 10.6. The number of hydrogen-bond acceptors (Lipinski definition) is 1. The Morgan fingerprint density at radius 1 is 1.27 bits per heavy atom. The number of nitrogens with zero attached hydrogens (tertiary/aromatic N) is 1. The second-order valence-electron chi connectivity index (χ2n) is 3.11. The molecule has 0 bridgehead atoms. The molecule has 2 heteroatoms. The van der Waals surface area contributed by atoms with E-state index in [2.05, 4.69) is 21.0 Å². The van der Waals surface area contributed by atoms with Crippen LogP contribution in [0.25, 0.3) is 0 Å². The van der Waals surface area contributed by atoms with E-state index in [4.69, 9.17) is 0 Å². The second kappa shape index (κ2) is 6.35. The first kappa shape index (κ1) is 16.9. The highest BCUT2D eigenvalue weighted by atomic mass is 16.1. The third-order valence-corrected chi connectivity index (χ3v) is 1.51. The lowest BCUT2D eigenvalue weighted by Crippen LogP contribution is -2.42. The predicted molar refractivity (Wildman–Crippen MR) is 51.7 cm³/mol. The zero-order valence-corrected chi connectivity index (χ0v) is 6.77. The average Bonchev–Trinajstić information content (AvgIpc) is 1.63. The van der Waals surface area contributed by atoms with Gasteiger partial charge in [-0.1, -0.05) is 14.9 Å². The van der Waals surface area contributed by atoms with E-state index < -0.39 is 0 Å². The summed E-state index contributed by atoms with van der Waals surface area (Å²) in [6, 6.07) is 0. The first-order chi connectivity index (χ1) is 3.98. The Labute approximate surface area is 71.8 Å². The summed E-state index contributed by atoms with van der Waals surface area (Å²) in [4.78, 5) is 10.6. The number of Topliss-reactive ketones (excluding diaryl/α,β-unsaturated/α-hetero) is 1. The van der Waals surface area contributed by atoms with Gasteiger partial charge in [0.15, 0.2) is 5.78 Å². The topological polar surface area (TPSA) is 17.1 Å². The fourth-order valence-electron chi connectivity index (χ4n) is 0.715. The molecule has 0 atom stereocenters. The van der Waals surface area contributed by atoms with Crippen LogP contribution in [0.1, 0.15) is 28.7 Å². The van der Waals surface area contributed by atoms with Gasteiger partial charge in [-0.25, -0.2) is 0 Å². The molecule has 0 aromatic heterocycles. The standard InChI is InChI=1S/C7H16NO.2CH4/c1-5-8(3,4)6-7(2)9;;/h5-6H2,1-4H3;2*1H4/q+1;;. The van der Waals surface area contributed by atoms with E-state index in [1.807, 2.05) is 0 Å². The number of ketones is 1. The lowest BCUT2D eigenvalue weighted by molar-refractivity contribution is -0.880. The van der Waals surface area contributed by atoms with Crippen molar-refractivity contribution in [3.05, 3.63) is 0 Å². The Balaban J connectivity index is -0.000000320. The largest absolute Gasteiger partial charge is 0.323 e. The number of carbonyl (C=O) groups is 1. The molecule has 0 spiro atoms. The molecular weight excluding hydrogens is 138 g/mol. The minimum Gasteiger partial charge on any atom is -0.323 e. The van der Waals surface area contributed by atoms with E-state index in [0.29, 0.717) is 6.54 Å². The van der Waals surface area contributed by atoms with Crippen LogP contribution in [0.15, 0.2) is 0 Å². The maximum Gasteiger partial charge on any atom is 0.183 e. The summed E-state index contributed by atoms with van der Waals surface area (Å²) in [7, 11) is 4.11. The molecule has 0 N–H and O–H groups in total. The van der Waals surface area contributed by atoms with Crippen LogP contribution in [0.5, 0.6) is 0 Å². The molecule has 0 aromatic rings. The summed E-state index contributed by atoms with van der Waals surface area (Å²) >= 11 is 0. The van der Waals surface area contributed by atoms with E-state index in [0.717, 1.165) is 11.0 Å². The molecule has 11 heavy (non-hydrogen) atoms. The van der Waals surface area contributed by atoms with E-state index in [-0.39, 0.29) is 20.6 Å². The van der Waals surface area contributed by atoms with Gasteiger partial charge in [0.1, 0.15) is 6.54 Å². The fraction of sp³-hybridized carbons (Fsp3) is 0.889. The van der Waals surface area contributed by atoms with Crippen LogP contribution < -0.4 is 0 Å². The summed E-state index contributed by atoms with van der Waals surface area (Å²) in [5.74, 6) is 0.266. The van der Waals surface area contributed by atoms with Crippen molar-refractivity contribution in [2.24, 2.45) is 0 Å². The second-order valence-corrected chi connectivity index (χ2v) is 3.11. The van der Waals surface area contributed by atoms with Gasteiger partial charge in [0.25, 0.3) is 0 Å². The molecule has 0 radical (unpaired) electrons. The van der Waals surface area contributed by atoms with Crippen molar-refractivity contribution in [1.29, 1.82) is 0 Å². The number of carbonyl (C=O) groups excluding carboxylic acids is 1. The molecule has 2 nitrogen and oxygen atoms in total. The van der Waals surface area contributed by atoms with Crippen molar-refractivity contribution >= 4 is 5.78 Å². The van der Waals surface area contributed by atoms with Gasteiger partial charge in [-0.05, 0) is 6.92 Å². The molecule has 0 heterocycles. The molecule has 0 saturated carbocycles. The zero-order valence-electron chi connectivity index (χ0n) is 6.77. The van der Waals surface area contributed by atoms with Crippen molar-refractivity contribution in [2.75, 3.05) is 27.2 Å². The number of quaternary nitrogens is 1. The SMILES string of the molecule is C.C.CC[N+](C)(C)CC(C)=O. The normalized spacial score (nSPS) is 9.45. The lowest BCUT2D eigenvalue weighted by atomic mass is 10.3. The van der Waals surface area contributed by atoms with Gasteiger partial charge in [-0.15, -0.1) is 0 Å². The zero-order chi connectivity index (χ0) is 7.49. The van der Waals surface area contributed by atoms with Crippen LogP contribution in [0.2, 0.25) is 0 Å². The number of rotatable bonds is 3. The molecule has 0 saturated heterocycles. The van der Waals surface area contributed by atoms with Gasteiger partial charge in [0, 0.05) is 6.92 Å². The first-order valence-electron chi connectivity index (χ1n) is 3.29. The van der Waals surface area contributed by atoms with Gasteiger partial charge in [-0.3, -0.25) is 4.79 Å². The Kier molecular flexibility index (Phi) is 9.77. The Morgan fingerprint density at radius 3 is 1.73 bits per heavy atom.